The number of hydrogen-bond acceptors (Lipinski definition) is 3. The summed E-state index contributed by atoms with van der Waals surface area (Å²) in [5.74, 6) is 0.410. The molecule has 2 atom stereocenters. The lowest BCUT2D eigenvalue weighted by atomic mass is 9.79. The highest BCUT2D eigenvalue weighted by Crippen LogP contribution is 2.38. The molecule has 1 fully saturated rings. The molecular formula is C25H35N3O. The molecule has 29 heavy (non-hydrogen) atoms. The van der Waals surface area contributed by atoms with E-state index < -0.39 is 0 Å². The number of carbonyl (C=O) groups is 1. The SMILES string of the molecule is CNCC(C(=O)N1CCC(c2ccccc2)(N(C)C)CC1)[C@@H](C)c1ccccc1. The molecule has 1 saturated heterocycles. The van der Waals surface area contributed by atoms with E-state index in [-0.39, 0.29) is 23.3 Å². The maximum atomic E-state index is 13.5. The molecule has 1 aliphatic heterocycles. The van der Waals surface area contributed by atoms with Crippen molar-refractivity contribution in [2.24, 2.45) is 5.92 Å². The molecule has 1 unspecified atom stereocenters. The van der Waals surface area contributed by atoms with Gasteiger partial charge in [-0.15, -0.1) is 0 Å². The van der Waals surface area contributed by atoms with Crippen molar-refractivity contribution in [3.63, 3.8) is 0 Å². The molecule has 0 radical (unpaired) electrons. The van der Waals surface area contributed by atoms with Crippen LogP contribution in [0.25, 0.3) is 0 Å². The number of nitrogens with one attached hydrogen (secondary N) is 1. The van der Waals surface area contributed by atoms with Gasteiger partial charge in [0.2, 0.25) is 5.91 Å². The second-order valence-corrected chi connectivity index (χ2v) is 8.48. The normalized spacial score (nSPS) is 18.4. The summed E-state index contributed by atoms with van der Waals surface area (Å²) in [5, 5.41) is 3.24. The van der Waals surface area contributed by atoms with Crippen molar-refractivity contribution in [2.75, 3.05) is 40.8 Å². The van der Waals surface area contributed by atoms with Crippen LogP contribution in [-0.2, 0) is 10.3 Å². The molecule has 3 rings (SSSR count). The largest absolute Gasteiger partial charge is 0.342 e. The Labute approximate surface area is 175 Å². The molecule has 0 spiro atoms. The van der Waals surface area contributed by atoms with Crippen LogP contribution < -0.4 is 5.32 Å². The van der Waals surface area contributed by atoms with E-state index in [1.807, 2.05) is 13.1 Å². The van der Waals surface area contributed by atoms with E-state index in [4.69, 9.17) is 0 Å². The standard InChI is InChI=1S/C25H35N3O/c1-20(21-11-7-5-8-12-21)23(19-26-2)24(29)28-17-15-25(16-18-28,27(3)4)22-13-9-6-10-14-22/h5-14,20,23,26H,15-19H2,1-4H3/t20-,23?/m0/s1. The van der Waals surface area contributed by atoms with Gasteiger partial charge in [0.05, 0.1) is 5.92 Å². The summed E-state index contributed by atoms with van der Waals surface area (Å²) in [6, 6.07) is 21.1. The van der Waals surface area contributed by atoms with Crippen LogP contribution in [0.15, 0.2) is 60.7 Å². The Kier molecular flexibility index (Phi) is 7.09. The van der Waals surface area contributed by atoms with E-state index >= 15 is 0 Å². The summed E-state index contributed by atoms with van der Waals surface area (Å²) in [7, 11) is 6.25. The summed E-state index contributed by atoms with van der Waals surface area (Å²) in [6.07, 6.45) is 1.92. The number of nitrogens with zero attached hydrogens (tertiary/aromatic N) is 2. The maximum Gasteiger partial charge on any atom is 0.227 e. The minimum atomic E-state index is -0.0500. The first-order chi connectivity index (χ1) is 14.0. The molecule has 0 aliphatic carbocycles. The summed E-state index contributed by atoms with van der Waals surface area (Å²) >= 11 is 0. The minimum Gasteiger partial charge on any atom is -0.342 e. The third kappa shape index (κ3) is 4.54. The van der Waals surface area contributed by atoms with E-state index in [9.17, 15) is 4.79 Å². The molecule has 4 heteroatoms. The Balaban J connectivity index is 1.75. The lowest BCUT2D eigenvalue weighted by Crippen LogP contribution is -2.53. The molecule has 0 saturated carbocycles. The molecule has 1 heterocycles. The van der Waals surface area contributed by atoms with Gasteiger partial charge in [0.15, 0.2) is 0 Å². The average Bonchev–Trinajstić information content (AvgIpc) is 2.77. The zero-order valence-electron chi connectivity index (χ0n) is 18.3. The monoisotopic (exact) mass is 393 g/mol. The van der Waals surface area contributed by atoms with Gasteiger partial charge in [-0.1, -0.05) is 67.6 Å². The van der Waals surface area contributed by atoms with Crippen LogP contribution in [0.3, 0.4) is 0 Å². The molecule has 1 aliphatic rings. The third-order valence-corrected chi connectivity index (χ3v) is 6.74. The van der Waals surface area contributed by atoms with Gasteiger partial charge in [0.1, 0.15) is 0 Å². The number of piperidine rings is 1. The molecule has 2 aromatic carbocycles. The van der Waals surface area contributed by atoms with Crippen LogP contribution in [0.1, 0.15) is 36.8 Å². The van der Waals surface area contributed by atoms with Crippen molar-refractivity contribution >= 4 is 5.91 Å². The van der Waals surface area contributed by atoms with Gasteiger partial charge >= 0.3 is 0 Å². The topological polar surface area (TPSA) is 35.6 Å². The van der Waals surface area contributed by atoms with E-state index in [0.717, 1.165) is 25.9 Å². The van der Waals surface area contributed by atoms with E-state index in [2.05, 4.69) is 90.7 Å². The van der Waals surface area contributed by atoms with Gasteiger partial charge < -0.3 is 10.2 Å². The first kappa shape index (κ1) is 21.5. The number of likely N-dealkylation sites (tertiary alicyclic amines) is 1. The van der Waals surface area contributed by atoms with E-state index in [1.54, 1.807) is 0 Å². The second-order valence-electron chi connectivity index (χ2n) is 8.48. The van der Waals surface area contributed by atoms with E-state index in [0.29, 0.717) is 6.54 Å². The number of hydrogen-bond donors (Lipinski definition) is 1. The van der Waals surface area contributed by atoms with Crippen LogP contribution >= 0.6 is 0 Å². The van der Waals surface area contributed by atoms with Crippen LogP contribution in [0.4, 0.5) is 0 Å². The van der Waals surface area contributed by atoms with Crippen LogP contribution in [0.5, 0.6) is 0 Å². The predicted molar refractivity (Wildman–Crippen MR) is 120 cm³/mol. The Hall–Kier alpha value is -2.17. The second kappa shape index (κ2) is 9.55. The number of carbonyl (C=O) groups excluding carboxylic acids is 1. The summed E-state index contributed by atoms with van der Waals surface area (Å²) in [6.45, 7) is 4.47. The summed E-state index contributed by atoms with van der Waals surface area (Å²) < 4.78 is 0. The van der Waals surface area contributed by atoms with Crippen LogP contribution in [0.2, 0.25) is 0 Å². The molecule has 0 aromatic heterocycles. The maximum absolute atomic E-state index is 13.5. The van der Waals surface area contributed by atoms with Crippen molar-refractivity contribution in [1.29, 1.82) is 0 Å². The van der Waals surface area contributed by atoms with Crippen molar-refractivity contribution in [2.45, 2.75) is 31.2 Å². The zero-order valence-corrected chi connectivity index (χ0v) is 18.3. The smallest absolute Gasteiger partial charge is 0.227 e. The fourth-order valence-corrected chi connectivity index (χ4v) is 4.76. The van der Waals surface area contributed by atoms with Gasteiger partial charge in [0, 0.05) is 25.2 Å². The van der Waals surface area contributed by atoms with E-state index in [1.165, 1.54) is 11.1 Å². The lowest BCUT2D eigenvalue weighted by Gasteiger charge is -2.47. The molecule has 0 bridgehead atoms. The number of rotatable bonds is 7. The molecule has 1 N–H and O–H groups in total. The number of amides is 1. The Morgan fingerprint density at radius 2 is 1.59 bits per heavy atom. The Morgan fingerprint density at radius 1 is 1.03 bits per heavy atom. The Bertz CT molecular complexity index is 767. The first-order valence-electron chi connectivity index (χ1n) is 10.7. The molecule has 2 aromatic rings. The minimum absolute atomic E-state index is 0.00158. The van der Waals surface area contributed by atoms with Crippen molar-refractivity contribution in [1.82, 2.24) is 15.1 Å². The molecule has 156 valence electrons. The van der Waals surface area contributed by atoms with Gasteiger partial charge in [-0.3, -0.25) is 9.69 Å². The van der Waals surface area contributed by atoms with Crippen LogP contribution in [-0.4, -0.2) is 56.5 Å². The number of benzene rings is 2. The average molecular weight is 394 g/mol. The fourth-order valence-electron chi connectivity index (χ4n) is 4.76. The lowest BCUT2D eigenvalue weighted by molar-refractivity contribution is -0.138. The fraction of sp³-hybridized carbons (Fsp3) is 0.480. The van der Waals surface area contributed by atoms with Gasteiger partial charge in [0.25, 0.3) is 0 Å². The van der Waals surface area contributed by atoms with Crippen molar-refractivity contribution < 1.29 is 4.79 Å². The summed E-state index contributed by atoms with van der Waals surface area (Å²) in [5.41, 5.74) is 2.58. The summed E-state index contributed by atoms with van der Waals surface area (Å²) in [4.78, 5) is 17.9. The Morgan fingerprint density at radius 3 is 2.10 bits per heavy atom. The molecule has 4 nitrogen and oxygen atoms in total. The van der Waals surface area contributed by atoms with Crippen molar-refractivity contribution in [3.8, 4) is 0 Å². The quantitative estimate of drug-likeness (QED) is 0.779. The molecule has 1 amide bonds. The zero-order chi connectivity index (χ0) is 20.9. The highest BCUT2D eigenvalue weighted by molar-refractivity contribution is 5.80. The molecular weight excluding hydrogens is 358 g/mol. The van der Waals surface area contributed by atoms with Gasteiger partial charge in [-0.2, -0.15) is 0 Å². The highest BCUT2D eigenvalue weighted by atomic mass is 16.2. The van der Waals surface area contributed by atoms with Crippen molar-refractivity contribution in [3.05, 3.63) is 71.8 Å². The third-order valence-electron chi connectivity index (χ3n) is 6.74. The highest BCUT2D eigenvalue weighted by Gasteiger charge is 2.40. The van der Waals surface area contributed by atoms with Gasteiger partial charge in [-0.25, -0.2) is 0 Å². The predicted octanol–water partition coefficient (Wildman–Crippen LogP) is 3.71. The van der Waals surface area contributed by atoms with Crippen LogP contribution in [0, 0.1) is 5.92 Å². The first-order valence-corrected chi connectivity index (χ1v) is 10.7. The van der Waals surface area contributed by atoms with Gasteiger partial charge in [-0.05, 0) is 51.0 Å².